The lowest BCUT2D eigenvalue weighted by Crippen LogP contribution is -2.59. The van der Waals surface area contributed by atoms with Gasteiger partial charge in [-0.2, -0.15) is 0 Å². The van der Waals surface area contributed by atoms with Gasteiger partial charge in [-0.1, -0.05) is 6.07 Å². The number of fused-ring (bicyclic) bond motifs is 1. The number of thioether (sulfide) groups is 1. The van der Waals surface area contributed by atoms with Crippen LogP contribution in [0.15, 0.2) is 30.7 Å². The Kier molecular flexibility index (Phi) is 4.58. The molecule has 2 aliphatic heterocycles. The molecule has 0 aromatic carbocycles. The maximum atomic E-state index is 14.1. The molecule has 2 aromatic rings. The molecule has 0 radical (unpaired) electrons. The van der Waals surface area contributed by atoms with Gasteiger partial charge >= 0.3 is 0 Å². The molecule has 0 amide bonds. The van der Waals surface area contributed by atoms with Crippen LogP contribution in [-0.4, -0.2) is 44.4 Å². The van der Waals surface area contributed by atoms with E-state index < -0.39 is 11.4 Å². The first-order chi connectivity index (χ1) is 12.8. The number of rotatable bonds is 3. The van der Waals surface area contributed by atoms with E-state index in [4.69, 9.17) is 5.73 Å². The Bertz CT molecular complexity index is 832. The van der Waals surface area contributed by atoms with Gasteiger partial charge < -0.3 is 15.7 Å². The van der Waals surface area contributed by atoms with E-state index in [0.717, 1.165) is 17.5 Å². The molecule has 144 valence electrons. The summed E-state index contributed by atoms with van der Waals surface area (Å²) < 4.78 is 14.1. The third-order valence-electron chi connectivity index (χ3n) is 5.23. The van der Waals surface area contributed by atoms with Crippen molar-refractivity contribution < 1.29 is 9.50 Å². The monoisotopic (exact) mass is 390 g/mol. The van der Waals surface area contributed by atoms with Gasteiger partial charge in [0.2, 0.25) is 5.95 Å². The summed E-state index contributed by atoms with van der Waals surface area (Å²) in [4.78, 5) is 14.8. The Labute approximate surface area is 161 Å². The predicted molar refractivity (Wildman–Crippen MR) is 102 cm³/mol. The number of nitrogens with one attached hydrogen (secondary N) is 1. The van der Waals surface area contributed by atoms with Gasteiger partial charge in [-0.3, -0.25) is 10.3 Å². The molecule has 2 aliphatic rings. The smallest absolute Gasteiger partial charge is 0.225 e. The summed E-state index contributed by atoms with van der Waals surface area (Å²) in [6, 6.07) is 3.96. The summed E-state index contributed by atoms with van der Waals surface area (Å²) in [5.41, 5.74) is 5.33. The van der Waals surface area contributed by atoms with Crippen molar-refractivity contribution in [3.05, 3.63) is 47.8 Å². The number of hydrogen-bond acceptors (Lipinski definition) is 8. The van der Waals surface area contributed by atoms with Gasteiger partial charge in [0.05, 0.1) is 11.7 Å². The highest BCUT2D eigenvalue weighted by molar-refractivity contribution is 7.99. The standard InChI is InChI=1S/C18H23FN6OS/c1-17(2,26)14-13(19)7-22-16(23-14)25-8-12-9-27-15(20)24-18(12,10-25)11-4-3-5-21-6-11/h3-7,12,15,24,26H,8-10,20H2,1-2H3/t12-,15?,18+/m0/s1. The van der Waals surface area contributed by atoms with Gasteiger partial charge in [0.1, 0.15) is 16.8 Å². The molecule has 4 heterocycles. The molecule has 0 aliphatic carbocycles. The summed E-state index contributed by atoms with van der Waals surface area (Å²) >= 11 is 1.67. The molecule has 7 nitrogen and oxygen atoms in total. The van der Waals surface area contributed by atoms with Crippen LogP contribution in [-0.2, 0) is 11.1 Å². The van der Waals surface area contributed by atoms with Crippen molar-refractivity contribution >= 4 is 17.7 Å². The van der Waals surface area contributed by atoms with E-state index in [1.165, 1.54) is 13.8 Å². The van der Waals surface area contributed by atoms with Gasteiger partial charge in [0.15, 0.2) is 5.82 Å². The molecule has 27 heavy (non-hydrogen) atoms. The number of aliphatic hydroxyl groups is 1. The Morgan fingerprint density at radius 2 is 2.26 bits per heavy atom. The number of aromatic nitrogens is 3. The topological polar surface area (TPSA) is 100 Å². The Balaban J connectivity index is 1.72. The average molecular weight is 390 g/mol. The largest absolute Gasteiger partial charge is 0.384 e. The van der Waals surface area contributed by atoms with Crippen LogP contribution in [0.2, 0.25) is 0 Å². The third-order valence-corrected chi connectivity index (χ3v) is 6.30. The second-order valence-electron chi connectivity index (χ2n) is 7.61. The molecule has 4 N–H and O–H groups in total. The molecule has 2 aromatic heterocycles. The Morgan fingerprint density at radius 1 is 1.44 bits per heavy atom. The van der Waals surface area contributed by atoms with E-state index in [-0.39, 0.29) is 22.6 Å². The van der Waals surface area contributed by atoms with Crippen molar-refractivity contribution in [1.29, 1.82) is 0 Å². The van der Waals surface area contributed by atoms with Gasteiger partial charge in [0.25, 0.3) is 0 Å². The summed E-state index contributed by atoms with van der Waals surface area (Å²) in [5, 5.41) is 13.8. The minimum absolute atomic E-state index is 0.00293. The zero-order valence-electron chi connectivity index (χ0n) is 15.3. The molecule has 0 bridgehead atoms. The summed E-state index contributed by atoms with van der Waals surface area (Å²) in [7, 11) is 0. The van der Waals surface area contributed by atoms with Gasteiger partial charge in [0, 0.05) is 37.2 Å². The van der Waals surface area contributed by atoms with Crippen LogP contribution < -0.4 is 16.0 Å². The summed E-state index contributed by atoms with van der Waals surface area (Å²) in [6.45, 7) is 4.33. The van der Waals surface area contributed by atoms with Gasteiger partial charge in [-0.25, -0.2) is 14.4 Å². The van der Waals surface area contributed by atoms with Crippen LogP contribution in [0.1, 0.15) is 25.1 Å². The van der Waals surface area contributed by atoms with Crippen molar-refractivity contribution in [1.82, 2.24) is 20.3 Å². The van der Waals surface area contributed by atoms with E-state index in [2.05, 4.69) is 20.3 Å². The summed E-state index contributed by atoms with van der Waals surface area (Å²) in [5.74, 6) is 0.955. The lowest BCUT2D eigenvalue weighted by atomic mass is 9.82. The highest BCUT2D eigenvalue weighted by atomic mass is 32.2. The first-order valence-electron chi connectivity index (χ1n) is 8.85. The highest BCUT2D eigenvalue weighted by Crippen LogP contribution is 2.43. The Hall–Kier alpha value is -1.81. The molecule has 1 unspecified atom stereocenters. The van der Waals surface area contributed by atoms with Gasteiger partial charge in [-0.05, 0) is 25.5 Å². The van der Waals surface area contributed by atoms with E-state index in [0.29, 0.717) is 19.0 Å². The van der Waals surface area contributed by atoms with Crippen molar-refractivity contribution in [2.24, 2.45) is 11.7 Å². The second-order valence-corrected chi connectivity index (χ2v) is 8.79. The maximum Gasteiger partial charge on any atom is 0.225 e. The number of anilines is 1. The first-order valence-corrected chi connectivity index (χ1v) is 9.90. The zero-order chi connectivity index (χ0) is 19.2. The summed E-state index contributed by atoms with van der Waals surface area (Å²) in [6.07, 6.45) is 4.74. The molecular formula is C18H23FN6OS. The molecular weight excluding hydrogens is 367 g/mol. The van der Waals surface area contributed by atoms with Crippen LogP contribution in [0.4, 0.5) is 10.3 Å². The average Bonchev–Trinajstić information content (AvgIpc) is 3.02. The lowest BCUT2D eigenvalue weighted by molar-refractivity contribution is 0.0693. The number of nitrogens with zero attached hydrogens (tertiary/aromatic N) is 4. The van der Waals surface area contributed by atoms with Crippen LogP contribution in [0, 0.1) is 11.7 Å². The minimum atomic E-state index is -1.38. The minimum Gasteiger partial charge on any atom is -0.384 e. The van der Waals surface area contributed by atoms with Crippen LogP contribution >= 0.6 is 11.8 Å². The lowest BCUT2D eigenvalue weighted by Gasteiger charge is -2.42. The number of nitrogens with two attached hydrogens (primary N) is 1. The van der Waals surface area contributed by atoms with Gasteiger partial charge in [-0.15, -0.1) is 11.8 Å². The fourth-order valence-corrected chi connectivity index (χ4v) is 5.04. The molecule has 4 rings (SSSR count). The number of hydrogen-bond donors (Lipinski definition) is 3. The first kappa shape index (κ1) is 18.5. The van der Waals surface area contributed by atoms with Crippen molar-refractivity contribution in [3.63, 3.8) is 0 Å². The van der Waals surface area contributed by atoms with E-state index >= 15 is 0 Å². The number of halogens is 1. The van der Waals surface area contributed by atoms with E-state index in [9.17, 15) is 9.50 Å². The SMILES string of the molecule is CC(C)(O)c1nc(N2C[C@H]3CSC(N)N[C@@]3(c3cccnc3)C2)ncc1F. The van der Waals surface area contributed by atoms with Crippen LogP contribution in [0.3, 0.4) is 0 Å². The fourth-order valence-electron chi connectivity index (χ4n) is 3.92. The highest BCUT2D eigenvalue weighted by Gasteiger charge is 2.51. The third kappa shape index (κ3) is 3.29. The molecule has 2 saturated heterocycles. The van der Waals surface area contributed by atoms with Crippen LogP contribution in [0.5, 0.6) is 0 Å². The molecule has 0 saturated carbocycles. The molecule has 2 fully saturated rings. The number of pyridine rings is 1. The fraction of sp³-hybridized carbons (Fsp3) is 0.500. The molecule has 0 spiro atoms. The zero-order valence-corrected chi connectivity index (χ0v) is 16.1. The normalized spacial score (nSPS) is 28.3. The predicted octanol–water partition coefficient (Wildman–Crippen LogP) is 1.15. The van der Waals surface area contributed by atoms with Crippen molar-refractivity contribution in [2.75, 3.05) is 23.7 Å². The van der Waals surface area contributed by atoms with Crippen molar-refractivity contribution in [2.45, 2.75) is 30.5 Å². The maximum absolute atomic E-state index is 14.1. The molecule has 9 heteroatoms. The van der Waals surface area contributed by atoms with Crippen LogP contribution in [0.25, 0.3) is 0 Å². The van der Waals surface area contributed by atoms with E-state index in [1.54, 1.807) is 18.0 Å². The molecule has 3 atom stereocenters. The van der Waals surface area contributed by atoms with Crippen molar-refractivity contribution in [3.8, 4) is 0 Å². The quantitative estimate of drug-likeness (QED) is 0.718. The second kappa shape index (κ2) is 6.66. The Morgan fingerprint density at radius 3 is 2.96 bits per heavy atom. The van der Waals surface area contributed by atoms with E-state index in [1.807, 2.05) is 23.2 Å².